The maximum atomic E-state index is 12.3. The molecule has 0 atom stereocenters. The molecular weight excluding hydrogens is 378 g/mol. The lowest BCUT2D eigenvalue weighted by Crippen LogP contribution is -2.19. The molecule has 0 amide bonds. The molecular formula is C16H14BrN3O4. The highest BCUT2D eigenvalue weighted by molar-refractivity contribution is 9.10. The molecule has 0 spiro atoms. The normalized spacial score (nSPS) is 13.8. The van der Waals surface area contributed by atoms with Gasteiger partial charge in [-0.25, -0.2) is 9.78 Å². The van der Waals surface area contributed by atoms with Crippen molar-refractivity contribution in [3.05, 3.63) is 56.8 Å². The SMILES string of the molecule is O=C(Oc1cccnc1Br)c1ccc(N2CCCC2)c([N+](=O)[O-])c1. The van der Waals surface area contributed by atoms with Gasteiger partial charge >= 0.3 is 5.97 Å². The van der Waals surface area contributed by atoms with E-state index in [0.29, 0.717) is 10.3 Å². The van der Waals surface area contributed by atoms with Crippen LogP contribution in [0.1, 0.15) is 23.2 Å². The lowest BCUT2D eigenvalue weighted by atomic mass is 10.1. The molecule has 124 valence electrons. The Bertz CT molecular complexity index is 791. The van der Waals surface area contributed by atoms with E-state index in [1.54, 1.807) is 30.5 Å². The van der Waals surface area contributed by atoms with E-state index < -0.39 is 10.9 Å². The number of halogens is 1. The van der Waals surface area contributed by atoms with Crippen molar-refractivity contribution in [2.45, 2.75) is 12.8 Å². The fraction of sp³-hybridized carbons (Fsp3) is 0.250. The number of esters is 1. The zero-order valence-electron chi connectivity index (χ0n) is 12.6. The summed E-state index contributed by atoms with van der Waals surface area (Å²) in [5, 5.41) is 11.4. The lowest BCUT2D eigenvalue weighted by molar-refractivity contribution is -0.384. The molecule has 0 radical (unpaired) electrons. The van der Waals surface area contributed by atoms with Gasteiger partial charge in [0, 0.05) is 25.4 Å². The van der Waals surface area contributed by atoms with E-state index in [-0.39, 0.29) is 17.0 Å². The first-order valence-corrected chi connectivity index (χ1v) is 8.21. The highest BCUT2D eigenvalue weighted by Crippen LogP contribution is 2.32. The Morgan fingerprint density at radius 3 is 2.71 bits per heavy atom. The number of anilines is 1. The maximum absolute atomic E-state index is 12.3. The first-order valence-electron chi connectivity index (χ1n) is 7.42. The standard InChI is InChI=1S/C16H14BrN3O4/c17-15-14(4-3-7-18-15)24-16(21)11-5-6-12(13(10-11)20(22)23)19-8-1-2-9-19/h3-7,10H,1-2,8-9H2. The molecule has 2 aromatic rings. The van der Waals surface area contributed by atoms with Gasteiger partial charge in [-0.15, -0.1) is 0 Å². The first-order chi connectivity index (χ1) is 11.6. The summed E-state index contributed by atoms with van der Waals surface area (Å²) < 4.78 is 5.64. The van der Waals surface area contributed by atoms with Crippen molar-refractivity contribution in [2.24, 2.45) is 0 Å². The van der Waals surface area contributed by atoms with Crippen LogP contribution in [0.25, 0.3) is 0 Å². The molecule has 1 aliphatic heterocycles. The summed E-state index contributed by atoms with van der Waals surface area (Å²) in [6, 6.07) is 7.64. The summed E-state index contributed by atoms with van der Waals surface area (Å²) >= 11 is 3.19. The zero-order chi connectivity index (χ0) is 17.1. The van der Waals surface area contributed by atoms with E-state index >= 15 is 0 Å². The molecule has 0 N–H and O–H groups in total. The van der Waals surface area contributed by atoms with Crippen LogP contribution in [-0.4, -0.2) is 29.0 Å². The molecule has 8 heteroatoms. The van der Waals surface area contributed by atoms with Crippen LogP contribution in [0.4, 0.5) is 11.4 Å². The molecule has 1 aliphatic rings. The van der Waals surface area contributed by atoms with Gasteiger partial charge in [-0.1, -0.05) is 0 Å². The zero-order valence-corrected chi connectivity index (χ0v) is 14.2. The van der Waals surface area contributed by atoms with Gasteiger partial charge in [0.1, 0.15) is 10.3 Å². The fourth-order valence-electron chi connectivity index (χ4n) is 2.63. The van der Waals surface area contributed by atoms with Crippen molar-refractivity contribution >= 4 is 33.3 Å². The Labute approximate surface area is 146 Å². The summed E-state index contributed by atoms with van der Waals surface area (Å²) in [7, 11) is 0. The highest BCUT2D eigenvalue weighted by Gasteiger charge is 2.24. The molecule has 1 saturated heterocycles. The van der Waals surface area contributed by atoms with Crippen molar-refractivity contribution in [2.75, 3.05) is 18.0 Å². The molecule has 1 aromatic heterocycles. The Morgan fingerprint density at radius 2 is 2.04 bits per heavy atom. The van der Waals surface area contributed by atoms with Crippen LogP contribution in [0, 0.1) is 10.1 Å². The maximum Gasteiger partial charge on any atom is 0.343 e. The average molecular weight is 392 g/mol. The van der Waals surface area contributed by atoms with Gasteiger partial charge in [0.2, 0.25) is 0 Å². The lowest BCUT2D eigenvalue weighted by Gasteiger charge is -2.17. The second-order valence-corrected chi connectivity index (χ2v) is 6.09. The number of benzene rings is 1. The summed E-state index contributed by atoms with van der Waals surface area (Å²) in [5.41, 5.74) is 0.577. The van der Waals surface area contributed by atoms with Crippen molar-refractivity contribution in [3.63, 3.8) is 0 Å². The van der Waals surface area contributed by atoms with E-state index in [2.05, 4.69) is 20.9 Å². The molecule has 3 rings (SSSR count). The molecule has 0 saturated carbocycles. The van der Waals surface area contributed by atoms with Crippen molar-refractivity contribution in [1.82, 2.24) is 4.98 Å². The summed E-state index contributed by atoms with van der Waals surface area (Å²) in [6.07, 6.45) is 3.57. The minimum atomic E-state index is -0.667. The van der Waals surface area contributed by atoms with E-state index in [4.69, 9.17) is 4.74 Å². The van der Waals surface area contributed by atoms with Gasteiger partial charge in [-0.3, -0.25) is 10.1 Å². The van der Waals surface area contributed by atoms with Crippen molar-refractivity contribution in [3.8, 4) is 5.75 Å². The van der Waals surface area contributed by atoms with Gasteiger partial charge in [-0.05, 0) is 53.0 Å². The number of rotatable bonds is 4. The number of ether oxygens (including phenoxy) is 1. The Kier molecular flexibility index (Phi) is 4.75. The van der Waals surface area contributed by atoms with Crippen LogP contribution in [0.3, 0.4) is 0 Å². The predicted molar refractivity (Wildman–Crippen MR) is 91.4 cm³/mol. The number of carbonyl (C=O) groups excluding carboxylic acids is 1. The molecule has 1 fully saturated rings. The molecule has 0 aliphatic carbocycles. The second-order valence-electron chi connectivity index (χ2n) is 5.34. The van der Waals surface area contributed by atoms with Crippen molar-refractivity contribution in [1.29, 1.82) is 0 Å². The second kappa shape index (κ2) is 6.96. The Hall–Kier alpha value is -2.48. The van der Waals surface area contributed by atoms with Gasteiger partial charge in [0.25, 0.3) is 5.69 Å². The minimum absolute atomic E-state index is 0.0865. The monoisotopic (exact) mass is 391 g/mol. The van der Waals surface area contributed by atoms with Crippen LogP contribution in [-0.2, 0) is 0 Å². The molecule has 2 heterocycles. The third kappa shape index (κ3) is 3.38. The molecule has 24 heavy (non-hydrogen) atoms. The van der Waals surface area contributed by atoms with Crippen LogP contribution in [0.2, 0.25) is 0 Å². The Balaban J connectivity index is 1.88. The van der Waals surface area contributed by atoms with Crippen LogP contribution < -0.4 is 9.64 Å². The average Bonchev–Trinajstić information content (AvgIpc) is 3.10. The van der Waals surface area contributed by atoms with E-state index in [1.807, 2.05) is 4.90 Å². The topological polar surface area (TPSA) is 85.6 Å². The number of pyridine rings is 1. The minimum Gasteiger partial charge on any atom is -0.420 e. The summed E-state index contributed by atoms with van der Waals surface area (Å²) in [6.45, 7) is 1.57. The number of hydrogen-bond donors (Lipinski definition) is 0. The van der Waals surface area contributed by atoms with Gasteiger partial charge in [-0.2, -0.15) is 0 Å². The van der Waals surface area contributed by atoms with Crippen molar-refractivity contribution < 1.29 is 14.5 Å². The number of nitro groups is 1. The number of aromatic nitrogens is 1. The number of carbonyl (C=O) groups is 1. The predicted octanol–water partition coefficient (Wildman–Crippen LogP) is 3.57. The molecule has 1 aromatic carbocycles. The number of hydrogen-bond acceptors (Lipinski definition) is 6. The first kappa shape index (κ1) is 16.4. The Morgan fingerprint density at radius 1 is 1.29 bits per heavy atom. The fourth-order valence-corrected chi connectivity index (χ4v) is 2.96. The summed E-state index contributed by atoms with van der Waals surface area (Å²) in [5.74, 6) is -0.409. The largest absolute Gasteiger partial charge is 0.420 e. The van der Waals surface area contributed by atoms with Gasteiger partial charge < -0.3 is 9.64 Å². The van der Waals surface area contributed by atoms with Crippen LogP contribution >= 0.6 is 15.9 Å². The smallest absolute Gasteiger partial charge is 0.343 e. The molecule has 7 nitrogen and oxygen atoms in total. The third-order valence-corrected chi connectivity index (χ3v) is 4.38. The van der Waals surface area contributed by atoms with Gasteiger partial charge in [0.15, 0.2) is 5.75 Å². The van der Waals surface area contributed by atoms with Crippen LogP contribution in [0.5, 0.6) is 5.75 Å². The van der Waals surface area contributed by atoms with E-state index in [0.717, 1.165) is 25.9 Å². The number of nitro benzene ring substituents is 1. The van der Waals surface area contributed by atoms with Gasteiger partial charge in [0.05, 0.1) is 10.5 Å². The van der Waals surface area contributed by atoms with E-state index in [1.165, 1.54) is 6.07 Å². The molecule has 0 unspecified atom stereocenters. The highest BCUT2D eigenvalue weighted by atomic mass is 79.9. The third-order valence-electron chi connectivity index (χ3n) is 3.78. The molecule has 0 bridgehead atoms. The van der Waals surface area contributed by atoms with E-state index in [9.17, 15) is 14.9 Å². The summed E-state index contributed by atoms with van der Waals surface area (Å²) in [4.78, 5) is 29.1. The van der Waals surface area contributed by atoms with Crippen LogP contribution in [0.15, 0.2) is 41.1 Å². The number of nitrogens with zero attached hydrogens (tertiary/aromatic N) is 3. The quantitative estimate of drug-likeness (QED) is 0.342.